The van der Waals surface area contributed by atoms with Gasteiger partial charge < -0.3 is 5.11 Å². The van der Waals surface area contributed by atoms with Crippen molar-refractivity contribution in [3.8, 4) is 11.1 Å². The van der Waals surface area contributed by atoms with Gasteiger partial charge in [-0.1, -0.05) is 36.2 Å². The van der Waals surface area contributed by atoms with Crippen LogP contribution in [0.1, 0.15) is 29.7 Å². The molecule has 1 aliphatic carbocycles. The molecule has 2 aromatic heterocycles. The Morgan fingerprint density at radius 1 is 1.25 bits per heavy atom. The fraction of sp³-hybridized carbons (Fsp3) is 0.238. The molecule has 3 aromatic rings. The summed E-state index contributed by atoms with van der Waals surface area (Å²) in [4.78, 5) is 4.60. The summed E-state index contributed by atoms with van der Waals surface area (Å²) in [6, 6.07) is 4.88. The van der Waals surface area contributed by atoms with E-state index in [4.69, 9.17) is 28.3 Å². The molecule has 28 heavy (non-hydrogen) atoms. The summed E-state index contributed by atoms with van der Waals surface area (Å²) in [5.74, 6) is -0.652. The van der Waals surface area contributed by atoms with E-state index in [1.54, 1.807) is 10.9 Å². The van der Waals surface area contributed by atoms with Crippen LogP contribution in [0, 0.1) is 5.82 Å². The maximum absolute atomic E-state index is 14.0. The van der Waals surface area contributed by atoms with Gasteiger partial charge in [-0.05, 0) is 29.3 Å². The Kier molecular flexibility index (Phi) is 5.23. The summed E-state index contributed by atoms with van der Waals surface area (Å²) in [5.41, 5.74) is 5.45. The number of pyridine rings is 1. The molecule has 1 aliphatic rings. The normalized spacial score (nSPS) is 14.1. The van der Waals surface area contributed by atoms with Gasteiger partial charge >= 0.3 is 0 Å². The minimum absolute atomic E-state index is 0.0309. The molecule has 7 heteroatoms. The van der Waals surface area contributed by atoms with Gasteiger partial charge in [-0.15, -0.1) is 0 Å². The Morgan fingerprint density at radius 2 is 2.07 bits per heavy atom. The minimum Gasteiger partial charge on any atom is -0.394 e. The third kappa shape index (κ3) is 3.34. The number of aliphatic hydroxyl groups is 1. The van der Waals surface area contributed by atoms with Crippen molar-refractivity contribution >= 4 is 28.8 Å². The van der Waals surface area contributed by atoms with Crippen molar-refractivity contribution in [2.75, 3.05) is 6.61 Å². The van der Waals surface area contributed by atoms with Gasteiger partial charge in [0, 0.05) is 46.4 Å². The van der Waals surface area contributed by atoms with Gasteiger partial charge in [0.15, 0.2) is 0 Å². The molecule has 0 spiro atoms. The molecule has 1 atom stereocenters. The first-order valence-electron chi connectivity index (χ1n) is 8.96. The fourth-order valence-electron chi connectivity index (χ4n) is 3.62. The molecule has 4 rings (SSSR count). The largest absolute Gasteiger partial charge is 0.394 e. The summed E-state index contributed by atoms with van der Waals surface area (Å²) in [7, 11) is 0. The standard InChI is InChI=1S/C21H18Cl2FN3O/c1-12(20-17(22)3-4-18(24)21(20)23)15-2-5-19-16(15)8-13(9-25-19)14-10-26-27(11-14)6-7-28/h2-4,8-12,28H,5-7H2,1H3. The fourth-order valence-corrected chi connectivity index (χ4v) is 4.32. The van der Waals surface area contributed by atoms with Gasteiger partial charge in [-0.3, -0.25) is 9.67 Å². The Morgan fingerprint density at radius 3 is 2.86 bits per heavy atom. The number of nitrogens with zero attached hydrogens (tertiary/aromatic N) is 3. The lowest BCUT2D eigenvalue weighted by Crippen LogP contribution is -2.02. The van der Waals surface area contributed by atoms with E-state index in [1.165, 1.54) is 12.1 Å². The smallest absolute Gasteiger partial charge is 0.142 e. The van der Waals surface area contributed by atoms with Crippen LogP contribution >= 0.6 is 23.2 Å². The van der Waals surface area contributed by atoms with E-state index in [0.29, 0.717) is 23.6 Å². The zero-order chi connectivity index (χ0) is 19.8. The van der Waals surface area contributed by atoms with Crippen molar-refractivity contribution in [1.29, 1.82) is 0 Å². The van der Waals surface area contributed by atoms with Crippen LogP contribution in [0.4, 0.5) is 4.39 Å². The lowest BCUT2D eigenvalue weighted by molar-refractivity contribution is 0.269. The number of aromatic nitrogens is 3. The van der Waals surface area contributed by atoms with Crippen LogP contribution in [0.2, 0.25) is 10.0 Å². The third-order valence-electron chi connectivity index (χ3n) is 5.07. The first-order valence-corrected chi connectivity index (χ1v) is 9.71. The predicted molar refractivity (Wildman–Crippen MR) is 109 cm³/mol. The van der Waals surface area contributed by atoms with E-state index in [-0.39, 0.29) is 17.5 Å². The highest BCUT2D eigenvalue weighted by atomic mass is 35.5. The maximum Gasteiger partial charge on any atom is 0.142 e. The second-order valence-electron chi connectivity index (χ2n) is 6.78. The molecule has 0 amide bonds. The molecule has 0 saturated carbocycles. The average molecular weight is 418 g/mol. The maximum atomic E-state index is 14.0. The highest BCUT2D eigenvalue weighted by Gasteiger charge is 2.26. The van der Waals surface area contributed by atoms with E-state index in [2.05, 4.69) is 22.2 Å². The molecule has 0 aliphatic heterocycles. The first-order chi connectivity index (χ1) is 13.5. The molecular formula is C21H18Cl2FN3O. The van der Waals surface area contributed by atoms with Crippen molar-refractivity contribution in [3.63, 3.8) is 0 Å². The van der Waals surface area contributed by atoms with Gasteiger partial charge in [0.05, 0.1) is 30.1 Å². The molecule has 4 nitrogen and oxygen atoms in total. The van der Waals surface area contributed by atoms with Gasteiger partial charge in [-0.25, -0.2) is 4.39 Å². The highest BCUT2D eigenvalue weighted by Crippen LogP contribution is 2.43. The third-order valence-corrected chi connectivity index (χ3v) is 5.78. The Hall–Kier alpha value is -2.21. The van der Waals surface area contributed by atoms with Crippen LogP contribution in [0.25, 0.3) is 16.7 Å². The zero-order valence-electron chi connectivity index (χ0n) is 15.2. The number of hydrogen-bond acceptors (Lipinski definition) is 3. The van der Waals surface area contributed by atoms with Crippen LogP contribution in [0.15, 0.2) is 42.9 Å². The Labute approximate surface area is 172 Å². The molecule has 1 N–H and O–H groups in total. The average Bonchev–Trinajstić information content (AvgIpc) is 3.31. The summed E-state index contributed by atoms with van der Waals surface area (Å²) in [5, 5.41) is 13.8. The molecule has 0 bridgehead atoms. The second kappa shape index (κ2) is 7.66. The second-order valence-corrected chi connectivity index (χ2v) is 7.56. The van der Waals surface area contributed by atoms with E-state index >= 15 is 0 Å². The van der Waals surface area contributed by atoms with Crippen molar-refractivity contribution in [2.45, 2.75) is 25.8 Å². The highest BCUT2D eigenvalue weighted by molar-refractivity contribution is 6.36. The number of allylic oxidation sites excluding steroid dienone is 2. The van der Waals surface area contributed by atoms with Gasteiger partial charge in [0.2, 0.25) is 0 Å². The molecule has 0 saturated heterocycles. The molecule has 0 fully saturated rings. The van der Waals surface area contributed by atoms with E-state index in [1.807, 2.05) is 19.3 Å². The summed E-state index contributed by atoms with van der Waals surface area (Å²) < 4.78 is 15.7. The lowest BCUT2D eigenvalue weighted by Gasteiger charge is -2.19. The number of halogens is 3. The van der Waals surface area contributed by atoms with Crippen LogP contribution in [-0.4, -0.2) is 26.5 Å². The van der Waals surface area contributed by atoms with Gasteiger partial charge in [0.1, 0.15) is 5.82 Å². The number of fused-ring (bicyclic) bond motifs is 1. The summed E-state index contributed by atoms with van der Waals surface area (Å²) in [6.45, 7) is 2.44. The number of benzene rings is 1. The molecule has 0 radical (unpaired) electrons. The Balaban J connectivity index is 1.71. The van der Waals surface area contributed by atoms with Crippen molar-refractivity contribution < 1.29 is 9.50 Å². The first kappa shape index (κ1) is 19.1. The van der Waals surface area contributed by atoms with Crippen molar-refractivity contribution in [3.05, 3.63) is 75.5 Å². The molecule has 1 unspecified atom stereocenters. The minimum atomic E-state index is -0.477. The number of rotatable bonds is 5. The van der Waals surface area contributed by atoms with Crippen LogP contribution in [-0.2, 0) is 13.0 Å². The molecular weight excluding hydrogens is 400 g/mol. The van der Waals surface area contributed by atoms with E-state index < -0.39 is 5.82 Å². The zero-order valence-corrected chi connectivity index (χ0v) is 16.7. The number of aliphatic hydroxyl groups excluding tert-OH is 1. The van der Waals surface area contributed by atoms with Crippen molar-refractivity contribution in [2.24, 2.45) is 0 Å². The molecule has 2 heterocycles. The van der Waals surface area contributed by atoms with E-state index in [0.717, 1.165) is 28.0 Å². The SMILES string of the molecule is CC(C1=CCc2ncc(-c3cnn(CCO)c3)cc21)c1c(Cl)ccc(F)c1Cl. The molecule has 144 valence electrons. The summed E-state index contributed by atoms with van der Waals surface area (Å²) >= 11 is 12.6. The van der Waals surface area contributed by atoms with Gasteiger partial charge in [0.25, 0.3) is 0 Å². The van der Waals surface area contributed by atoms with Gasteiger partial charge in [-0.2, -0.15) is 5.10 Å². The van der Waals surface area contributed by atoms with Crippen molar-refractivity contribution in [1.82, 2.24) is 14.8 Å². The topological polar surface area (TPSA) is 50.9 Å². The Bertz CT molecular complexity index is 1080. The van der Waals surface area contributed by atoms with Crippen LogP contribution < -0.4 is 0 Å². The summed E-state index contributed by atoms with van der Waals surface area (Å²) in [6.07, 6.45) is 8.26. The monoisotopic (exact) mass is 417 g/mol. The molecule has 1 aromatic carbocycles. The lowest BCUT2D eigenvalue weighted by atomic mass is 9.89. The predicted octanol–water partition coefficient (Wildman–Crippen LogP) is 5.13. The van der Waals surface area contributed by atoms with Crippen LogP contribution in [0.5, 0.6) is 0 Å². The number of hydrogen-bond donors (Lipinski definition) is 1. The van der Waals surface area contributed by atoms with Crippen LogP contribution in [0.3, 0.4) is 0 Å². The quantitative estimate of drug-likeness (QED) is 0.585. The van der Waals surface area contributed by atoms with E-state index in [9.17, 15) is 4.39 Å².